The van der Waals surface area contributed by atoms with E-state index in [1.807, 2.05) is 36.4 Å². The Labute approximate surface area is 217 Å². The molecule has 2 aromatic carbocycles. The van der Waals surface area contributed by atoms with Gasteiger partial charge in [-0.15, -0.1) is 0 Å². The predicted octanol–water partition coefficient (Wildman–Crippen LogP) is 5.93. The monoisotopic (exact) mass is 503 g/mol. The number of nitrogens with one attached hydrogen (secondary N) is 1. The standard InChI is InChI=1S/C28H33N5O4/c1-28(2,3)37-27(34)31-15-19(14-29)26-16-30-24-9-8-20(12-25(24)32-26)33(17-18-6-7-18)21-10-22(35-4)13-23(11-21)36-5/h8-16,18-19,29H,6-7,17H2,1-5H3. The van der Waals surface area contributed by atoms with Gasteiger partial charge in [0.15, 0.2) is 0 Å². The Morgan fingerprint density at radius 2 is 1.81 bits per heavy atom. The number of carbonyl (C=O) groups excluding carboxylic acids is 1. The molecule has 1 heterocycles. The summed E-state index contributed by atoms with van der Waals surface area (Å²) < 4.78 is 16.2. The molecule has 4 rings (SSSR count). The Balaban J connectivity index is 1.67. The number of hydrogen-bond donors (Lipinski definition) is 1. The van der Waals surface area contributed by atoms with Crippen LogP contribution >= 0.6 is 0 Å². The molecule has 0 saturated heterocycles. The van der Waals surface area contributed by atoms with Gasteiger partial charge in [0, 0.05) is 48.5 Å². The first kappa shape index (κ1) is 26.1. The number of nitrogens with zero attached hydrogens (tertiary/aromatic N) is 4. The minimum atomic E-state index is -0.709. The van der Waals surface area contributed by atoms with Gasteiger partial charge in [-0.25, -0.2) is 9.78 Å². The maximum atomic E-state index is 12.0. The summed E-state index contributed by atoms with van der Waals surface area (Å²) in [6.45, 7) is 6.18. The Morgan fingerprint density at radius 1 is 1.11 bits per heavy atom. The third-order valence-corrected chi connectivity index (χ3v) is 5.90. The highest BCUT2D eigenvalue weighted by Crippen LogP contribution is 2.38. The fourth-order valence-corrected chi connectivity index (χ4v) is 3.84. The van der Waals surface area contributed by atoms with E-state index in [2.05, 4.69) is 14.9 Å². The molecule has 0 bridgehead atoms. The van der Waals surface area contributed by atoms with Crippen molar-refractivity contribution in [1.82, 2.24) is 9.97 Å². The van der Waals surface area contributed by atoms with Crippen molar-refractivity contribution in [1.29, 1.82) is 5.41 Å². The van der Waals surface area contributed by atoms with Crippen molar-refractivity contribution in [3.05, 3.63) is 48.3 Å². The number of fused-ring (bicyclic) bond motifs is 1. The second-order valence-electron chi connectivity index (χ2n) is 10.0. The summed E-state index contributed by atoms with van der Waals surface area (Å²) in [6, 6.07) is 11.8. The summed E-state index contributed by atoms with van der Waals surface area (Å²) in [5.74, 6) is 1.45. The summed E-state index contributed by atoms with van der Waals surface area (Å²) in [5, 5.41) is 7.85. The first-order valence-corrected chi connectivity index (χ1v) is 12.2. The number of rotatable bonds is 9. The largest absolute Gasteiger partial charge is 0.497 e. The molecule has 0 radical (unpaired) electrons. The number of anilines is 2. The van der Waals surface area contributed by atoms with Crippen molar-refractivity contribution in [2.75, 3.05) is 25.7 Å². The number of amides is 1. The Morgan fingerprint density at radius 3 is 2.41 bits per heavy atom. The third kappa shape index (κ3) is 6.81. The van der Waals surface area contributed by atoms with Gasteiger partial charge in [-0.05, 0) is 57.7 Å². The van der Waals surface area contributed by atoms with Gasteiger partial charge in [0.25, 0.3) is 0 Å². The molecule has 1 N–H and O–H groups in total. The molecule has 9 nitrogen and oxygen atoms in total. The number of benzene rings is 2. The topological polar surface area (TPSA) is 110 Å². The molecule has 1 saturated carbocycles. The van der Waals surface area contributed by atoms with E-state index in [0.29, 0.717) is 17.1 Å². The van der Waals surface area contributed by atoms with Gasteiger partial charge >= 0.3 is 6.09 Å². The highest BCUT2D eigenvalue weighted by Gasteiger charge is 2.26. The summed E-state index contributed by atoms with van der Waals surface area (Å²) in [6.07, 6.45) is 5.84. The van der Waals surface area contributed by atoms with E-state index in [1.165, 1.54) is 25.3 Å². The van der Waals surface area contributed by atoms with Crippen molar-refractivity contribution in [3.63, 3.8) is 0 Å². The molecular weight excluding hydrogens is 470 g/mol. The second-order valence-corrected chi connectivity index (χ2v) is 10.0. The molecule has 3 aromatic rings. The lowest BCUT2D eigenvalue weighted by Crippen LogP contribution is -2.22. The molecule has 1 aromatic heterocycles. The molecule has 0 spiro atoms. The number of methoxy groups -OCH3 is 2. The van der Waals surface area contributed by atoms with E-state index < -0.39 is 17.6 Å². The molecule has 194 valence electrons. The van der Waals surface area contributed by atoms with Gasteiger partial charge in [0.05, 0.1) is 43.1 Å². The van der Waals surface area contributed by atoms with Gasteiger partial charge in [-0.1, -0.05) is 0 Å². The number of hydrogen-bond acceptors (Lipinski definition) is 8. The Kier molecular flexibility index (Phi) is 7.71. The number of aromatic nitrogens is 2. The van der Waals surface area contributed by atoms with Gasteiger partial charge in [-0.3, -0.25) is 4.98 Å². The Bertz CT molecular complexity index is 1290. The van der Waals surface area contributed by atoms with Crippen molar-refractivity contribution >= 4 is 40.9 Å². The first-order chi connectivity index (χ1) is 17.7. The van der Waals surface area contributed by atoms with Crippen LogP contribution < -0.4 is 14.4 Å². The molecule has 0 aliphatic heterocycles. The molecule has 1 atom stereocenters. The van der Waals surface area contributed by atoms with Crippen LogP contribution in [-0.4, -0.2) is 54.9 Å². The van der Waals surface area contributed by atoms with E-state index in [4.69, 9.17) is 24.6 Å². The highest BCUT2D eigenvalue weighted by atomic mass is 16.6. The zero-order chi connectivity index (χ0) is 26.6. The van der Waals surface area contributed by atoms with Gasteiger partial charge in [-0.2, -0.15) is 4.99 Å². The van der Waals surface area contributed by atoms with E-state index in [-0.39, 0.29) is 0 Å². The van der Waals surface area contributed by atoms with Crippen molar-refractivity contribution in [2.24, 2.45) is 10.9 Å². The third-order valence-electron chi connectivity index (χ3n) is 5.90. The summed E-state index contributed by atoms with van der Waals surface area (Å²) in [5.41, 5.74) is 3.22. The van der Waals surface area contributed by atoms with Crippen LogP contribution in [0.1, 0.15) is 45.2 Å². The lowest BCUT2D eigenvalue weighted by Gasteiger charge is -2.26. The molecule has 1 fully saturated rings. The average Bonchev–Trinajstić information content (AvgIpc) is 3.70. The summed E-state index contributed by atoms with van der Waals surface area (Å²) in [7, 11) is 3.28. The van der Waals surface area contributed by atoms with Crippen LogP contribution in [0.15, 0.2) is 47.6 Å². The highest BCUT2D eigenvalue weighted by molar-refractivity contribution is 5.93. The second kappa shape index (κ2) is 10.9. The van der Waals surface area contributed by atoms with E-state index in [1.54, 1.807) is 41.2 Å². The van der Waals surface area contributed by atoms with Crippen LogP contribution in [0.2, 0.25) is 0 Å². The molecule has 1 unspecified atom stereocenters. The van der Waals surface area contributed by atoms with Gasteiger partial charge in [0.2, 0.25) is 0 Å². The molecule has 1 amide bonds. The fourth-order valence-electron chi connectivity index (χ4n) is 3.84. The lowest BCUT2D eigenvalue weighted by atomic mass is 10.1. The fraction of sp³-hybridized carbons (Fsp3) is 0.393. The van der Waals surface area contributed by atoms with Crippen LogP contribution in [0, 0.1) is 11.3 Å². The minimum Gasteiger partial charge on any atom is -0.497 e. The zero-order valence-corrected chi connectivity index (χ0v) is 21.9. The lowest BCUT2D eigenvalue weighted by molar-refractivity contribution is 0.0605. The van der Waals surface area contributed by atoms with Crippen molar-refractivity contribution in [2.45, 2.75) is 45.1 Å². The zero-order valence-electron chi connectivity index (χ0n) is 21.9. The normalized spacial score (nSPS) is 14.4. The van der Waals surface area contributed by atoms with Gasteiger partial charge < -0.3 is 24.5 Å². The maximum absolute atomic E-state index is 12.0. The predicted molar refractivity (Wildman–Crippen MR) is 145 cm³/mol. The molecule has 1 aliphatic rings. The molecule has 9 heteroatoms. The van der Waals surface area contributed by atoms with E-state index in [0.717, 1.165) is 34.9 Å². The van der Waals surface area contributed by atoms with Crippen LogP contribution in [0.5, 0.6) is 11.5 Å². The van der Waals surface area contributed by atoms with Crippen molar-refractivity contribution < 1.29 is 19.0 Å². The van der Waals surface area contributed by atoms with Crippen LogP contribution in [0.3, 0.4) is 0 Å². The van der Waals surface area contributed by atoms with Crippen LogP contribution in [0.25, 0.3) is 11.0 Å². The minimum absolute atomic E-state index is 0.517. The average molecular weight is 504 g/mol. The number of aliphatic imine (C=N–C) groups is 1. The van der Waals surface area contributed by atoms with Crippen LogP contribution in [-0.2, 0) is 4.74 Å². The van der Waals surface area contributed by atoms with Crippen LogP contribution in [0.4, 0.5) is 16.2 Å². The summed E-state index contributed by atoms with van der Waals surface area (Å²) in [4.78, 5) is 27.4. The molecular formula is C28H33N5O4. The quantitative estimate of drug-likeness (QED) is 0.360. The van der Waals surface area contributed by atoms with Gasteiger partial charge in [0.1, 0.15) is 17.1 Å². The molecule has 37 heavy (non-hydrogen) atoms. The first-order valence-electron chi connectivity index (χ1n) is 12.2. The van der Waals surface area contributed by atoms with E-state index >= 15 is 0 Å². The number of carbonyl (C=O) groups is 1. The Hall–Kier alpha value is -4.01. The number of ether oxygens (including phenoxy) is 3. The smallest absolute Gasteiger partial charge is 0.433 e. The SMILES string of the molecule is COc1cc(OC)cc(N(CC2CC2)c2ccc3ncc(C(C=N)C=NC(=O)OC(C)(C)C)nc3c2)c1. The van der Waals surface area contributed by atoms with E-state index in [9.17, 15) is 4.79 Å². The molecule has 1 aliphatic carbocycles. The maximum Gasteiger partial charge on any atom is 0.433 e. The summed E-state index contributed by atoms with van der Waals surface area (Å²) >= 11 is 0. The van der Waals surface area contributed by atoms with Crippen molar-refractivity contribution in [3.8, 4) is 11.5 Å².